The van der Waals surface area contributed by atoms with Gasteiger partial charge in [-0.15, -0.1) is 0 Å². The van der Waals surface area contributed by atoms with Crippen molar-refractivity contribution >= 4 is 29.8 Å². The number of hydrogen-bond donors (Lipinski definition) is 2. The third-order valence-corrected chi connectivity index (χ3v) is 7.90. The van der Waals surface area contributed by atoms with Crippen LogP contribution < -0.4 is 15.5 Å². The first-order valence-electron chi connectivity index (χ1n) is 13.0. The van der Waals surface area contributed by atoms with Gasteiger partial charge in [0.1, 0.15) is 5.82 Å². The van der Waals surface area contributed by atoms with Crippen molar-refractivity contribution in [1.29, 1.82) is 0 Å². The molecule has 8 heteroatoms. The summed E-state index contributed by atoms with van der Waals surface area (Å²) in [6.45, 7) is 2.99. The number of carbonyl (C=O) groups excluding carboxylic acids is 2. The Morgan fingerprint density at radius 2 is 1.86 bits per heavy atom. The summed E-state index contributed by atoms with van der Waals surface area (Å²) in [6.07, 6.45) is 10.6. The molecule has 1 aromatic carbocycles. The highest BCUT2D eigenvalue weighted by Gasteiger charge is 2.30. The first-order valence-corrected chi connectivity index (χ1v) is 13.0. The van der Waals surface area contributed by atoms with Crippen molar-refractivity contribution in [3.05, 3.63) is 41.6 Å². The zero-order chi connectivity index (χ0) is 24.2. The van der Waals surface area contributed by atoms with E-state index < -0.39 is 0 Å². The average Bonchev–Trinajstić information content (AvgIpc) is 3.55. The summed E-state index contributed by atoms with van der Waals surface area (Å²) in [5, 5.41) is 6.23. The molecule has 2 amide bonds. The molecule has 8 nitrogen and oxygen atoms in total. The number of anilines is 3. The Morgan fingerprint density at radius 1 is 1.11 bits per heavy atom. The Kier molecular flexibility index (Phi) is 7.27. The second kappa shape index (κ2) is 10.7. The summed E-state index contributed by atoms with van der Waals surface area (Å²) in [7, 11) is 2.18. The molecule has 0 unspecified atom stereocenters. The number of nitrogens with zero attached hydrogens (tertiary/aromatic N) is 4. The van der Waals surface area contributed by atoms with Gasteiger partial charge in [0, 0.05) is 36.0 Å². The minimum atomic E-state index is -0.0969. The van der Waals surface area contributed by atoms with Gasteiger partial charge in [0.2, 0.25) is 18.3 Å². The van der Waals surface area contributed by atoms with Gasteiger partial charge in [-0.1, -0.05) is 25.0 Å². The summed E-state index contributed by atoms with van der Waals surface area (Å²) in [4.78, 5) is 37.9. The Balaban J connectivity index is 1.36. The maximum absolute atomic E-state index is 12.2. The van der Waals surface area contributed by atoms with Crippen molar-refractivity contribution in [3.63, 3.8) is 0 Å². The summed E-state index contributed by atoms with van der Waals surface area (Å²) < 4.78 is 0. The number of aromatic nitrogens is 2. The van der Waals surface area contributed by atoms with E-state index in [1.165, 1.54) is 18.4 Å². The molecule has 1 aliphatic carbocycles. The molecule has 0 bridgehead atoms. The van der Waals surface area contributed by atoms with Crippen molar-refractivity contribution in [1.82, 2.24) is 20.2 Å². The SMILES string of the molecule is CN1CCC(c2ccc(Nc3ncc(C[C@@H]4CCNC4=O)c(N(C=O)C4CCCC4)n3)cc2)CC1. The lowest BCUT2D eigenvalue weighted by molar-refractivity contribution is -0.122. The maximum Gasteiger partial charge on any atom is 0.229 e. The molecule has 2 N–H and O–H groups in total. The predicted molar refractivity (Wildman–Crippen MR) is 137 cm³/mol. The maximum atomic E-state index is 12.2. The van der Waals surface area contributed by atoms with Gasteiger partial charge in [-0.3, -0.25) is 14.5 Å². The van der Waals surface area contributed by atoms with Crippen LogP contribution in [0.2, 0.25) is 0 Å². The third-order valence-electron chi connectivity index (χ3n) is 7.90. The van der Waals surface area contributed by atoms with Crippen molar-refractivity contribution in [2.24, 2.45) is 5.92 Å². The van der Waals surface area contributed by atoms with Gasteiger partial charge >= 0.3 is 0 Å². The summed E-state index contributed by atoms with van der Waals surface area (Å²) in [5.41, 5.74) is 3.16. The van der Waals surface area contributed by atoms with Crippen LogP contribution in [0.4, 0.5) is 17.5 Å². The summed E-state index contributed by atoms with van der Waals surface area (Å²) in [5.74, 6) is 1.69. The van der Waals surface area contributed by atoms with Crippen molar-refractivity contribution < 1.29 is 9.59 Å². The summed E-state index contributed by atoms with van der Waals surface area (Å²) in [6, 6.07) is 8.72. The number of hydrogen-bond acceptors (Lipinski definition) is 6. The molecule has 3 aliphatic rings. The number of nitrogens with one attached hydrogen (secondary N) is 2. The molecular weight excluding hydrogens is 440 g/mol. The number of rotatable bonds is 8. The van der Waals surface area contributed by atoms with E-state index >= 15 is 0 Å². The molecule has 5 rings (SSSR count). The number of carbonyl (C=O) groups is 2. The number of benzene rings is 1. The molecule has 186 valence electrons. The Hall–Kier alpha value is -3.00. The van der Waals surface area contributed by atoms with E-state index in [1.54, 1.807) is 11.1 Å². The molecule has 3 fully saturated rings. The normalized spacial score (nSPS) is 21.7. The van der Waals surface area contributed by atoms with Crippen molar-refractivity contribution in [2.75, 3.05) is 36.9 Å². The Labute approximate surface area is 207 Å². The van der Waals surface area contributed by atoms with Crippen LogP contribution in [0.1, 0.15) is 62.0 Å². The standard InChI is InChI=1S/C27H36N6O2/c1-32-14-11-20(12-15-32)19-6-8-23(9-7-19)30-27-29-17-22(16-21-10-13-28-26(21)35)25(31-27)33(18-34)24-4-2-3-5-24/h6-9,17-18,20-21,24H,2-5,10-16H2,1H3,(H,28,35)(H,29,30,31)/t21-/m0/s1. The highest BCUT2D eigenvalue weighted by atomic mass is 16.2. The summed E-state index contributed by atoms with van der Waals surface area (Å²) >= 11 is 0. The van der Waals surface area contributed by atoms with Crippen LogP contribution in [-0.2, 0) is 16.0 Å². The van der Waals surface area contributed by atoms with Crippen LogP contribution >= 0.6 is 0 Å². The van der Waals surface area contributed by atoms with Crippen molar-refractivity contribution in [3.8, 4) is 0 Å². The van der Waals surface area contributed by atoms with Crippen LogP contribution in [0, 0.1) is 5.92 Å². The topological polar surface area (TPSA) is 90.5 Å². The van der Waals surface area contributed by atoms with Gasteiger partial charge in [0.25, 0.3) is 0 Å². The van der Waals surface area contributed by atoms with E-state index in [0.29, 0.717) is 30.6 Å². The van der Waals surface area contributed by atoms with Crippen LogP contribution in [0.25, 0.3) is 0 Å². The lowest BCUT2D eigenvalue weighted by Crippen LogP contribution is -2.34. The smallest absolute Gasteiger partial charge is 0.229 e. The van der Waals surface area contributed by atoms with Gasteiger partial charge in [-0.05, 0) is 82.3 Å². The Morgan fingerprint density at radius 3 is 2.51 bits per heavy atom. The molecule has 1 saturated carbocycles. The minimum absolute atomic E-state index is 0.0707. The minimum Gasteiger partial charge on any atom is -0.356 e. The van der Waals surface area contributed by atoms with Crippen molar-refractivity contribution in [2.45, 2.75) is 63.3 Å². The lowest BCUT2D eigenvalue weighted by atomic mass is 9.89. The molecule has 35 heavy (non-hydrogen) atoms. The fourth-order valence-electron chi connectivity index (χ4n) is 5.73. The lowest BCUT2D eigenvalue weighted by Gasteiger charge is -2.29. The van der Waals surface area contributed by atoms with Gasteiger partial charge in [-0.25, -0.2) is 4.98 Å². The highest BCUT2D eigenvalue weighted by molar-refractivity contribution is 5.82. The first-order chi connectivity index (χ1) is 17.1. The molecular formula is C27H36N6O2. The number of piperidine rings is 1. The fraction of sp³-hybridized carbons (Fsp3) is 0.556. The molecule has 3 heterocycles. The average molecular weight is 477 g/mol. The molecule has 1 atom stereocenters. The zero-order valence-electron chi connectivity index (χ0n) is 20.6. The zero-order valence-corrected chi connectivity index (χ0v) is 20.6. The molecule has 2 saturated heterocycles. The van der Waals surface area contributed by atoms with E-state index in [4.69, 9.17) is 4.98 Å². The highest BCUT2D eigenvalue weighted by Crippen LogP contribution is 2.32. The van der Waals surface area contributed by atoms with E-state index in [-0.39, 0.29) is 17.9 Å². The Bertz CT molecular complexity index is 1030. The number of likely N-dealkylation sites (tertiary alicyclic amines) is 1. The van der Waals surface area contributed by atoms with Gasteiger partial charge in [-0.2, -0.15) is 4.98 Å². The van der Waals surface area contributed by atoms with E-state index in [9.17, 15) is 9.59 Å². The van der Waals surface area contributed by atoms with Crippen LogP contribution in [-0.4, -0.2) is 59.9 Å². The van der Waals surface area contributed by atoms with E-state index in [2.05, 4.69) is 51.8 Å². The van der Waals surface area contributed by atoms with Crippen LogP contribution in [0.3, 0.4) is 0 Å². The predicted octanol–water partition coefficient (Wildman–Crippen LogP) is 3.61. The second-order valence-electron chi connectivity index (χ2n) is 10.3. The third kappa shape index (κ3) is 5.48. The fourth-order valence-corrected chi connectivity index (χ4v) is 5.73. The van der Waals surface area contributed by atoms with Crippen LogP contribution in [0.15, 0.2) is 30.5 Å². The van der Waals surface area contributed by atoms with Crippen LogP contribution in [0.5, 0.6) is 0 Å². The van der Waals surface area contributed by atoms with Gasteiger partial charge < -0.3 is 15.5 Å². The van der Waals surface area contributed by atoms with Gasteiger partial charge in [0.15, 0.2) is 0 Å². The molecule has 2 aromatic rings. The molecule has 2 aliphatic heterocycles. The molecule has 0 radical (unpaired) electrons. The monoisotopic (exact) mass is 476 g/mol. The molecule has 0 spiro atoms. The largest absolute Gasteiger partial charge is 0.356 e. The van der Waals surface area contributed by atoms with E-state index in [0.717, 1.165) is 62.9 Å². The quantitative estimate of drug-likeness (QED) is 0.566. The number of amides is 2. The second-order valence-corrected chi connectivity index (χ2v) is 10.3. The first kappa shape index (κ1) is 23.7. The molecule has 1 aromatic heterocycles. The van der Waals surface area contributed by atoms with E-state index in [1.807, 2.05) is 0 Å². The van der Waals surface area contributed by atoms with Gasteiger partial charge in [0.05, 0.1) is 0 Å².